The summed E-state index contributed by atoms with van der Waals surface area (Å²) in [5.41, 5.74) is -0.798. The highest BCUT2D eigenvalue weighted by molar-refractivity contribution is 5.94. The molecule has 0 aromatic carbocycles. The molecular weight excluding hydrogens is 312 g/mol. The van der Waals surface area contributed by atoms with Crippen LogP contribution in [-0.2, 0) is 0 Å². The Balaban J connectivity index is 2.31. The van der Waals surface area contributed by atoms with Crippen LogP contribution in [0.5, 0.6) is 5.88 Å². The van der Waals surface area contributed by atoms with Gasteiger partial charge in [-0.1, -0.05) is 0 Å². The maximum atomic E-state index is 12.3. The molecule has 0 bridgehead atoms. The van der Waals surface area contributed by atoms with E-state index in [1.54, 1.807) is 32.9 Å². The number of aromatic nitrogens is 3. The number of nitrogens with zero attached hydrogens (tertiary/aromatic N) is 2. The third-order valence-electron chi connectivity index (χ3n) is 3.70. The SMILES string of the molecule is COc1ccc(-c2cc(C(=O)NC(C)C(C)(C)O)c(=O)[nH]n2)cn1. The third kappa shape index (κ3) is 3.96. The number of methoxy groups -OCH3 is 1. The Labute approximate surface area is 138 Å². The fourth-order valence-electron chi connectivity index (χ4n) is 1.83. The number of hydrogen-bond donors (Lipinski definition) is 3. The van der Waals surface area contributed by atoms with E-state index in [1.165, 1.54) is 19.4 Å². The summed E-state index contributed by atoms with van der Waals surface area (Å²) in [7, 11) is 1.51. The van der Waals surface area contributed by atoms with E-state index in [9.17, 15) is 14.7 Å². The summed E-state index contributed by atoms with van der Waals surface area (Å²) in [5, 5.41) is 18.7. The number of H-pyrrole nitrogens is 1. The summed E-state index contributed by atoms with van der Waals surface area (Å²) in [4.78, 5) is 28.3. The summed E-state index contributed by atoms with van der Waals surface area (Å²) in [5.74, 6) is -0.142. The van der Waals surface area contributed by atoms with Gasteiger partial charge in [0.25, 0.3) is 11.5 Å². The van der Waals surface area contributed by atoms with Gasteiger partial charge in [-0.15, -0.1) is 0 Å². The molecule has 128 valence electrons. The highest BCUT2D eigenvalue weighted by Gasteiger charge is 2.25. The molecule has 1 atom stereocenters. The summed E-state index contributed by atoms with van der Waals surface area (Å²) in [6.07, 6.45) is 1.53. The Morgan fingerprint density at radius 3 is 2.67 bits per heavy atom. The second kappa shape index (κ2) is 6.79. The fraction of sp³-hybridized carbons (Fsp3) is 0.375. The smallest absolute Gasteiger partial charge is 0.277 e. The van der Waals surface area contributed by atoms with Crippen molar-refractivity contribution in [2.75, 3.05) is 7.11 Å². The van der Waals surface area contributed by atoms with Crippen molar-refractivity contribution in [2.24, 2.45) is 0 Å². The van der Waals surface area contributed by atoms with E-state index in [0.717, 1.165) is 0 Å². The van der Waals surface area contributed by atoms with Gasteiger partial charge in [-0.05, 0) is 32.9 Å². The molecule has 0 saturated heterocycles. The molecule has 0 aliphatic heterocycles. The highest BCUT2D eigenvalue weighted by atomic mass is 16.5. The first-order valence-corrected chi connectivity index (χ1v) is 7.35. The molecule has 0 spiro atoms. The maximum absolute atomic E-state index is 12.3. The van der Waals surface area contributed by atoms with E-state index < -0.39 is 23.1 Å². The molecule has 3 N–H and O–H groups in total. The van der Waals surface area contributed by atoms with Gasteiger partial charge in [0.05, 0.1) is 24.4 Å². The molecule has 2 rings (SSSR count). The van der Waals surface area contributed by atoms with E-state index in [-0.39, 0.29) is 5.56 Å². The van der Waals surface area contributed by atoms with Crippen LogP contribution in [-0.4, -0.2) is 44.9 Å². The topological polar surface area (TPSA) is 117 Å². The molecule has 0 saturated carbocycles. The van der Waals surface area contributed by atoms with Crippen molar-refractivity contribution in [3.05, 3.63) is 40.3 Å². The minimum atomic E-state index is -1.11. The molecule has 8 nitrogen and oxygen atoms in total. The van der Waals surface area contributed by atoms with Crippen molar-refractivity contribution in [1.29, 1.82) is 0 Å². The van der Waals surface area contributed by atoms with Crippen molar-refractivity contribution < 1.29 is 14.6 Å². The second-order valence-corrected chi connectivity index (χ2v) is 5.93. The van der Waals surface area contributed by atoms with Crippen LogP contribution in [0.4, 0.5) is 0 Å². The number of rotatable bonds is 5. The molecule has 0 aliphatic carbocycles. The zero-order valence-corrected chi connectivity index (χ0v) is 14.0. The number of nitrogens with one attached hydrogen (secondary N) is 2. The van der Waals surface area contributed by atoms with Crippen LogP contribution in [0.1, 0.15) is 31.1 Å². The van der Waals surface area contributed by atoms with Crippen molar-refractivity contribution in [3.8, 4) is 17.1 Å². The number of ether oxygens (including phenoxy) is 1. The largest absolute Gasteiger partial charge is 0.481 e. The maximum Gasteiger partial charge on any atom is 0.277 e. The van der Waals surface area contributed by atoms with Crippen molar-refractivity contribution in [3.63, 3.8) is 0 Å². The number of amides is 1. The molecule has 0 fully saturated rings. The first-order chi connectivity index (χ1) is 11.2. The first kappa shape index (κ1) is 17.6. The molecule has 2 heterocycles. The van der Waals surface area contributed by atoms with Crippen LogP contribution in [0.15, 0.2) is 29.2 Å². The average molecular weight is 332 g/mol. The second-order valence-electron chi connectivity index (χ2n) is 5.93. The van der Waals surface area contributed by atoms with Crippen LogP contribution in [0, 0.1) is 0 Å². The first-order valence-electron chi connectivity index (χ1n) is 7.35. The van der Waals surface area contributed by atoms with Crippen molar-refractivity contribution >= 4 is 5.91 Å². The zero-order valence-electron chi connectivity index (χ0n) is 14.0. The van der Waals surface area contributed by atoms with Crippen molar-refractivity contribution in [2.45, 2.75) is 32.4 Å². The van der Waals surface area contributed by atoms with E-state index in [2.05, 4.69) is 20.5 Å². The van der Waals surface area contributed by atoms with Crippen LogP contribution in [0.25, 0.3) is 11.3 Å². The minimum Gasteiger partial charge on any atom is -0.481 e. The Hall–Kier alpha value is -2.74. The number of hydrogen-bond acceptors (Lipinski definition) is 6. The number of pyridine rings is 1. The van der Waals surface area contributed by atoms with Gasteiger partial charge in [-0.3, -0.25) is 9.59 Å². The van der Waals surface area contributed by atoms with Crippen LogP contribution in [0.2, 0.25) is 0 Å². The average Bonchev–Trinajstić information content (AvgIpc) is 2.54. The number of aliphatic hydroxyl groups is 1. The minimum absolute atomic E-state index is 0.0908. The molecule has 2 aromatic heterocycles. The Morgan fingerprint density at radius 1 is 1.42 bits per heavy atom. The van der Waals surface area contributed by atoms with Gasteiger partial charge >= 0.3 is 0 Å². The Kier molecular flexibility index (Phi) is 4.99. The molecule has 8 heteroatoms. The van der Waals surface area contributed by atoms with Gasteiger partial charge in [0.2, 0.25) is 5.88 Å². The van der Waals surface area contributed by atoms with Gasteiger partial charge in [-0.2, -0.15) is 5.10 Å². The van der Waals surface area contributed by atoms with E-state index in [1.807, 2.05) is 0 Å². The van der Waals surface area contributed by atoms with Crippen molar-refractivity contribution in [1.82, 2.24) is 20.5 Å². The van der Waals surface area contributed by atoms with E-state index in [4.69, 9.17) is 4.74 Å². The van der Waals surface area contributed by atoms with Gasteiger partial charge in [0.15, 0.2) is 0 Å². The number of carbonyl (C=O) groups excluding carboxylic acids is 1. The highest BCUT2D eigenvalue weighted by Crippen LogP contribution is 2.17. The lowest BCUT2D eigenvalue weighted by atomic mass is 10.0. The van der Waals surface area contributed by atoms with Gasteiger partial charge in [0, 0.05) is 17.8 Å². The predicted molar refractivity (Wildman–Crippen MR) is 87.9 cm³/mol. The zero-order chi connectivity index (χ0) is 17.9. The standard InChI is InChI=1S/C16H20N4O4/c1-9(16(2,3)23)18-14(21)11-7-12(19-20-15(11)22)10-5-6-13(24-4)17-8-10/h5-9,23H,1-4H3,(H,18,21)(H,20,22). The quantitative estimate of drug-likeness (QED) is 0.743. The summed E-state index contributed by atoms with van der Waals surface area (Å²) >= 11 is 0. The lowest BCUT2D eigenvalue weighted by Crippen LogP contribution is -2.48. The fourth-order valence-corrected chi connectivity index (χ4v) is 1.83. The normalized spacial score (nSPS) is 12.5. The lowest BCUT2D eigenvalue weighted by Gasteiger charge is -2.26. The van der Waals surface area contributed by atoms with Crippen LogP contribution in [0.3, 0.4) is 0 Å². The van der Waals surface area contributed by atoms with Crippen LogP contribution >= 0.6 is 0 Å². The third-order valence-corrected chi connectivity index (χ3v) is 3.70. The Morgan fingerprint density at radius 2 is 2.12 bits per heavy atom. The monoisotopic (exact) mass is 332 g/mol. The Bertz CT molecular complexity index is 778. The van der Waals surface area contributed by atoms with Crippen LogP contribution < -0.4 is 15.6 Å². The predicted octanol–water partition coefficient (Wildman–Crippen LogP) is 0.730. The molecule has 1 amide bonds. The van der Waals surface area contributed by atoms with Gasteiger partial charge in [0.1, 0.15) is 5.56 Å². The molecule has 2 aromatic rings. The summed E-state index contributed by atoms with van der Waals surface area (Å²) < 4.78 is 4.98. The van der Waals surface area contributed by atoms with Gasteiger partial charge in [-0.25, -0.2) is 10.1 Å². The molecule has 0 radical (unpaired) electrons. The molecule has 1 unspecified atom stereocenters. The number of carbonyl (C=O) groups is 1. The lowest BCUT2D eigenvalue weighted by molar-refractivity contribution is 0.0408. The van der Waals surface area contributed by atoms with E-state index in [0.29, 0.717) is 17.1 Å². The molecule has 24 heavy (non-hydrogen) atoms. The van der Waals surface area contributed by atoms with E-state index >= 15 is 0 Å². The van der Waals surface area contributed by atoms with Gasteiger partial charge < -0.3 is 15.2 Å². The number of aromatic amines is 1. The summed E-state index contributed by atoms with van der Waals surface area (Å²) in [6, 6.07) is 4.21. The summed E-state index contributed by atoms with van der Waals surface area (Å²) in [6.45, 7) is 4.80. The molecular formula is C16H20N4O4. The molecule has 0 aliphatic rings.